The van der Waals surface area contributed by atoms with E-state index in [1.165, 1.54) is 37.3 Å². The summed E-state index contributed by atoms with van der Waals surface area (Å²) in [5.41, 5.74) is 4.32. The number of aromatic nitrogens is 2. The number of anilines is 3. The quantitative estimate of drug-likeness (QED) is 0.148. The Balaban J connectivity index is 1.35. The molecule has 0 spiro atoms. The minimum atomic E-state index is -0.588. The van der Waals surface area contributed by atoms with E-state index < -0.39 is 6.09 Å². The zero-order valence-corrected chi connectivity index (χ0v) is 28.0. The number of amides is 1. The average molecular weight is 640 g/mol. The second-order valence-electron chi connectivity index (χ2n) is 11.8. The molecule has 1 aliphatic rings. The third-order valence-electron chi connectivity index (χ3n) is 8.17. The Morgan fingerprint density at radius 3 is 2.43 bits per heavy atom. The van der Waals surface area contributed by atoms with Crippen LogP contribution in [-0.4, -0.2) is 61.4 Å². The molecule has 0 saturated carbocycles. The zero-order chi connectivity index (χ0) is 33.2. The normalized spacial score (nSPS) is 13.1. The van der Waals surface area contributed by atoms with E-state index in [1.54, 1.807) is 26.5 Å². The van der Waals surface area contributed by atoms with E-state index in [2.05, 4.69) is 15.2 Å². The molecule has 47 heavy (non-hydrogen) atoms. The van der Waals surface area contributed by atoms with Crippen molar-refractivity contribution in [2.75, 3.05) is 50.7 Å². The number of aryl methyl sites for hydroxylation is 3. The molecule has 10 nitrogen and oxygen atoms in total. The molecule has 0 aliphatic carbocycles. The highest BCUT2D eigenvalue weighted by Crippen LogP contribution is 2.33. The van der Waals surface area contributed by atoms with E-state index >= 15 is 0 Å². The maximum absolute atomic E-state index is 13.9. The third-order valence-corrected chi connectivity index (χ3v) is 8.17. The molecule has 0 bridgehead atoms. The van der Waals surface area contributed by atoms with Gasteiger partial charge in [0.1, 0.15) is 17.3 Å². The van der Waals surface area contributed by atoms with Gasteiger partial charge in [-0.3, -0.25) is 4.90 Å². The molecule has 0 atom stereocenters. The molecule has 5 rings (SSSR count). The molecular formula is C37H45N5O5. The Bertz CT molecular complexity index is 1630. The molecule has 2 heterocycles. The van der Waals surface area contributed by atoms with E-state index in [4.69, 9.17) is 23.9 Å². The number of methoxy groups -OCH3 is 2. The van der Waals surface area contributed by atoms with Crippen molar-refractivity contribution < 1.29 is 23.7 Å². The molecule has 248 valence electrons. The largest absolute Gasteiger partial charge is 0.493 e. The van der Waals surface area contributed by atoms with Gasteiger partial charge in [-0.15, -0.1) is 0 Å². The number of para-hydroxylation sites is 1. The van der Waals surface area contributed by atoms with Crippen LogP contribution in [0.1, 0.15) is 47.9 Å². The summed E-state index contributed by atoms with van der Waals surface area (Å²) >= 11 is 0. The van der Waals surface area contributed by atoms with E-state index in [-0.39, 0.29) is 6.54 Å². The molecule has 1 saturated heterocycles. The first-order valence-corrected chi connectivity index (χ1v) is 16.2. The number of nitrogens with one attached hydrogen (secondary N) is 1. The lowest BCUT2D eigenvalue weighted by Crippen LogP contribution is -2.34. The fourth-order valence-electron chi connectivity index (χ4n) is 5.97. The van der Waals surface area contributed by atoms with Crippen LogP contribution in [0.4, 0.5) is 22.2 Å². The van der Waals surface area contributed by atoms with Gasteiger partial charge in [0.15, 0.2) is 11.5 Å². The van der Waals surface area contributed by atoms with E-state index in [0.29, 0.717) is 35.6 Å². The first-order valence-electron chi connectivity index (χ1n) is 16.2. The SMILES string of the molecule is COc1cccc(CN(C(=O)Oc2c(C)cc(C)cc2C)c2ccnc(Nc3cccc(OCCCN4CCCCC4)c3)n2)c1OC. The van der Waals surface area contributed by atoms with Crippen LogP contribution in [0.3, 0.4) is 0 Å². The Morgan fingerprint density at radius 1 is 0.915 bits per heavy atom. The second kappa shape index (κ2) is 16.1. The molecule has 4 aromatic rings. The van der Waals surface area contributed by atoms with Crippen molar-refractivity contribution in [1.29, 1.82) is 0 Å². The molecule has 1 aliphatic heterocycles. The predicted octanol–water partition coefficient (Wildman–Crippen LogP) is 7.62. The smallest absolute Gasteiger partial charge is 0.421 e. The summed E-state index contributed by atoms with van der Waals surface area (Å²) in [5.74, 6) is 3.04. The minimum Gasteiger partial charge on any atom is -0.493 e. The van der Waals surface area contributed by atoms with Crippen LogP contribution in [-0.2, 0) is 6.54 Å². The number of ether oxygens (including phenoxy) is 4. The van der Waals surface area contributed by atoms with Gasteiger partial charge in [0.05, 0.1) is 27.4 Å². The topological polar surface area (TPSA) is 98.3 Å². The van der Waals surface area contributed by atoms with Crippen molar-refractivity contribution in [3.8, 4) is 23.0 Å². The minimum absolute atomic E-state index is 0.111. The van der Waals surface area contributed by atoms with Crippen molar-refractivity contribution in [3.05, 3.63) is 89.1 Å². The molecule has 1 aromatic heterocycles. The number of likely N-dealkylation sites (tertiary alicyclic amines) is 1. The van der Waals surface area contributed by atoms with Crippen LogP contribution < -0.4 is 29.2 Å². The van der Waals surface area contributed by atoms with Crippen molar-refractivity contribution in [1.82, 2.24) is 14.9 Å². The number of hydrogen-bond donors (Lipinski definition) is 1. The summed E-state index contributed by atoms with van der Waals surface area (Å²) in [6.07, 6.45) is 5.92. The zero-order valence-electron chi connectivity index (χ0n) is 28.0. The third kappa shape index (κ3) is 8.92. The molecule has 1 amide bonds. The van der Waals surface area contributed by atoms with Crippen molar-refractivity contribution in [2.24, 2.45) is 0 Å². The highest BCUT2D eigenvalue weighted by molar-refractivity contribution is 5.88. The number of benzene rings is 3. The predicted molar refractivity (Wildman–Crippen MR) is 185 cm³/mol. The molecule has 0 unspecified atom stereocenters. The van der Waals surface area contributed by atoms with E-state index in [1.807, 2.05) is 75.4 Å². The van der Waals surface area contributed by atoms with E-state index in [0.717, 1.165) is 46.7 Å². The van der Waals surface area contributed by atoms with Crippen LogP contribution in [0.25, 0.3) is 0 Å². The highest BCUT2D eigenvalue weighted by Gasteiger charge is 2.25. The summed E-state index contributed by atoms with van der Waals surface area (Å²) in [7, 11) is 3.15. The lowest BCUT2D eigenvalue weighted by molar-refractivity contribution is 0.205. The van der Waals surface area contributed by atoms with Crippen molar-refractivity contribution in [3.63, 3.8) is 0 Å². The van der Waals surface area contributed by atoms with Gasteiger partial charge in [0.2, 0.25) is 5.95 Å². The van der Waals surface area contributed by atoms with Crippen LogP contribution in [0, 0.1) is 20.8 Å². The number of nitrogens with zero attached hydrogens (tertiary/aromatic N) is 4. The number of carbonyl (C=O) groups is 1. The Hall–Kier alpha value is -4.83. The van der Waals surface area contributed by atoms with Crippen molar-refractivity contribution in [2.45, 2.75) is 53.0 Å². The average Bonchev–Trinajstić information content (AvgIpc) is 3.07. The van der Waals surface area contributed by atoms with Crippen molar-refractivity contribution >= 4 is 23.5 Å². The molecule has 0 radical (unpaired) electrons. The second-order valence-corrected chi connectivity index (χ2v) is 11.8. The van der Waals surface area contributed by atoms with Crippen LogP contribution in [0.5, 0.6) is 23.0 Å². The summed E-state index contributed by atoms with van der Waals surface area (Å²) in [4.78, 5) is 27.1. The lowest BCUT2D eigenvalue weighted by atomic mass is 10.1. The fraction of sp³-hybridized carbons (Fsp3) is 0.378. The van der Waals surface area contributed by atoms with E-state index in [9.17, 15) is 4.79 Å². The number of hydrogen-bond acceptors (Lipinski definition) is 9. The maximum Gasteiger partial charge on any atom is 0.421 e. The van der Waals surface area contributed by atoms with Gasteiger partial charge in [-0.1, -0.05) is 42.3 Å². The first-order chi connectivity index (χ1) is 22.8. The monoisotopic (exact) mass is 639 g/mol. The van der Waals surface area contributed by atoms with Crippen LogP contribution in [0.15, 0.2) is 66.9 Å². The first kappa shape index (κ1) is 33.5. The Morgan fingerprint density at radius 2 is 1.68 bits per heavy atom. The number of rotatable bonds is 13. The van der Waals surface area contributed by atoms with Gasteiger partial charge in [0.25, 0.3) is 0 Å². The molecule has 1 N–H and O–H groups in total. The standard InChI is InChI=1S/C37H45N5O5/c1-26-22-27(2)34(28(3)23-26)47-37(43)42(25-29-12-9-15-32(44-4)35(29)45-5)33-16-17-38-36(40-33)39-30-13-10-14-31(24-30)46-21-11-20-41-18-7-6-8-19-41/h9-10,12-17,22-24H,6-8,11,18-21,25H2,1-5H3,(H,38,39,40). The maximum atomic E-state index is 13.9. The number of piperidine rings is 1. The number of carbonyl (C=O) groups excluding carboxylic acids is 1. The summed E-state index contributed by atoms with van der Waals surface area (Å²) in [6, 6.07) is 18.9. The Kier molecular flexibility index (Phi) is 11.5. The van der Waals surface area contributed by atoms with Gasteiger partial charge in [0, 0.05) is 30.1 Å². The lowest BCUT2D eigenvalue weighted by Gasteiger charge is -2.26. The Labute approximate surface area is 277 Å². The van der Waals surface area contributed by atoms with Gasteiger partial charge < -0.3 is 29.2 Å². The van der Waals surface area contributed by atoms with Crippen LogP contribution >= 0.6 is 0 Å². The van der Waals surface area contributed by atoms with Gasteiger partial charge >= 0.3 is 6.09 Å². The molecule has 1 fully saturated rings. The molecule has 10 heteroatoms. The van der Waals surface area contributed by atoms with Gasteiger partial charge in [-0.05, 0) is 88.5 Å². The van der Waals surface area contributed by atoms with Gasteiger partial charge in [-0.25, -0.2) is 9.78 Å². The summed E-state index contributed by atoms with van der Waals surface area (Å²) in [6.45, 7) is 10.1. The fourth-order valence-corrected chi connectivity index (χ4v) is 5.97. The van der Waals surface area contributed by atoms with Crippen LogP contribution in [0.2, 0.25) is 0 Å². The molecule has 3 aromatic carbocycles. The summed E-state index contributed by atoms with van der Waals surface area (Å²) < 4.78 is 23.3. The summed E-state index contributed by atoms with van der Waals surface area (Å²) in [5, 5.41) is 3.27. The highest BCUT2D eigenvalue weighted by atomic mass is 16.6. The molecular weight excluding hydrogens is 594 g/mol. The van der Waals surface area contributed by atoms with Gasteiger partial charge in [-0.2, -0.15) is 4.98 Å².